The average molecular weight is 263 g/mol. The second-order valence-electron chi connectivity index (χ2n) is 3.35. The van der Waals surface area contributed by atoms with Crippen LogP contribution < -0.4 is 5.32 Å². The molecule has 1 N–H and O–H groups in total. The van der Waals surface area contributed by atoms with E-state index >= 15 is 0 Å². The molecule has 0 radical (unpaired) electrons. The minimum absolute atomic E-state index is 0.710. The van der Waals surface area contributed by atoms with Crippen LogP contribution in [0.15, 0.2) is 47.2 Å². The maximum Gasteiger partial charge on any atom is 0.0946 e. The zero-order chi connectivity index (χ0) is 11.9. The van der Waals surface area contributed by atoms with E-state index in [2.05, 4.69) is 33.6 Å². The van der Waals surface area contributed by atoms with E-state index in [-0.39, 0.29) is 0 Å². The largest absolute Gasteiger partial charge is 0.378 e. The molecule has 1 heterocycles. The Balaban J connectivity index is 2.01. The van der Waals surface area contributed by atoms with Crippen LogP contribution in [-0.2, 0) is 6.54 Å². The first-order valence-electron chi connectivity index (χ1n) is 5.22. The standard InChI is InChI=1S/C12H13N3S2/c1-2-7-16-12-6-4-3-5-11(12)13-8-10-9-17-15-14-10/h2-6,9,13H,1,7-8H2. The molecule has 0 aliphatic heterocycles. The summed E-state index contributed by atoms with van der Waals surface area (Å²) in [5, 5.41) is 9.33. The number of hydrogen-bond acceptors (Lipinski definition) is 5. The quantitative estimate of drug-likeness (QED) is 0.640. The summed E-state index contributed by atoms with van der Waals surface area (Å²) >= 11 is 3.14. The summed E-state index contributed by atoms with van der Waals surface area (Å²) in [5.41, 5.74) is 2.10. The topological polar surface area (TPSA) is 37.8 Å². The zero-order valence-corrected chi connectivity index (χ0v) is 10.9. The van der Waals surface area contributed by atoms with Crippen molar-refractivity contribution >= 4 is 29.0 Å². The highest BCUT2D eigenvalue weighted by atomic mass is 32.2. The van der Waals surface area contributed by atoms with Gasteiger partial charge in [0.15, 0.2) is 0 Å². The van der Waals surface area contributed by atoms with Crippen molar-refractivity contribution in [1.82, 2.24) is 9.59 Å². The van der Waals surface area contributed by atoms with Crippen molar-refractivity contribution in [2.45, 2.75) is 11.4 Å². The maximum absolute atomic E-state index is 4.01. The molecule has 0 aliphatic rings. The van der Waals surface area contributed by atoms with Crippen molar-refractivity contribution < 1.29 is 0 Å². The molecule has 3 nitrogen and oxygen atoms in total. The number of nitrogens with one attached hydrogen (secondary N) is 1. The highest BCUT2D eigenvalue weighted by molar-refractivity contribution is 7.99. The van der Waals surface area contributed by atoms with Crippen LogP contribution >= 0.6 is 23.3 Å². The van der Waals surface area contributed by atoms with E-state index in [4.69, 9.17) is 0 Å². The van der Waals surface area contributed by atoms with Crippen molar-refractivity contribution in [3.05, 3.63) is 48.0 Å². The Hall–Kier alpha value is -1.33. The third-order valence-electron chi connectivity index (χ3n) is 2.11. The van der Waals surface area contributed by atoms with Crippen LogP contribution in [0.1, 0.15) is 5.69 Å². The molecular formula is C12H13N3S2. The van der Waals surface area contributed by atoms with Gasteiger partial charge in [-0.05, 0) is 23.7 Å². The lowest BCUT2D eigenvalue weighted by molar-refractivity contribution is 0.994. The third-order valence-corrected chi connectivity index (χ3v) is 3.73. The van der Waals surface area contributed by atoms with Crippen molar-refractivity contribution in [1.29, 1.82) is 0 Å². The van der Waals surface area contributed by atoms with E-state index in [1.54, 1.807) is 11.8 Å². The first kappa shape index (κ1) is 12.1. The van der Waals surface area contributed by atoms with Gasteiger partial charge in [0.05, 0.1) is 12.2 Å². The van der Waals surface area contributed by atoms with Gasteiger partial charge in [0.2, 0.25) is 0 Å². The molecule has 0 aliphatic carbocycles. The van der Waals surface area contributed by atoms with Crippen LogP contribution in [0.4, 0.5) is 5.69 Å². The number of nitrogens with zero attached hydrogens (tertiary/aromatic N) is 2. The van der Waals surface area contributed by atoms with E-state index in [1.807, 2.05) is 23.6 Å². The van der Waals surface area contributed by atoms with Crippen LogP contribution in [0.2, 0.25) is 0 Å². The average Bonchev–Trinajstić information content (AvgIpc) is 2.88. The lowest BCUT2D eigenvalue weighted by atomic mass is 10.3. The molecule has 0 saturated carbocycles. The van der Waals surface area contributed by atoms with Gasteiger partial charge in [0.25, 0.3) is 0 Å². The second-order valence-corrected chi connectivity index (χ2v) is 5.02. The van der Waals surface area contributed by atoms with Gasteiger partial charge in [-0.15, -0.1) is 23.4 Å². The van der Waals surface area contributed by atoms with Gasteiger partial charge in [0, 0.05) is 21.7 Å². The molecule has 17 heavy (non-hydrogen) atoms. The number of hydrogen-bond donors (Lipinski definition) is 1. The summed E-state index contributed by atoms with van der Waals surface area (Å²) < 4.78 is 3.84. The number of para-hydroxylation sites is 1. The summed E-state index contributed by atoms with van der Waals surface area (Å²) in [6.07, 6.45) is 1.91. The van der Waals surface area contributed by atoms with Gasteiger partial charge in [-0.1, -0.05) is 22.7 Å². The number of thioether (sulfide) groups is 1. The van der Waals surface area contributed by atoms with Gasteiger partial charge < -0.3 is 5.32 Å². The van der Waals surface area contributed by atoms with E-state index in [0.29, 0.717) is 6.54 Å². The molecule has 0 atom stereocenters. The number of anilines is 1. The van der Waals surface area contributed by atoms with Crippen molar-refractivity contribution in [2.24, 2.45) is 0 Å². The SMILES string of the molecule is C=CCSc1ccccc1NCc1csnn1. The fourth-order valence-electron chi connectivity index (χ4n) is 1.33. The zero-order valence-electron chi connectivity index (χ0n) is 9.30. The summed E-state index contributed by atoms with van der Waals surface area (Å²) in [6.45, 7) is 4.44. The van der Waals surface area contributed by atoms with Crippen LogP contribution in [0.3, 0.4) is 0 Å². The maximum atomic E-state index is 4.01. The molecule has 2 aromatic rings. The molecular weight excluding hydrogens is 250 g/mol. The summed E-state index contributed by atoms with van der Waals surface area (Å²) in [5.74, 6) is 0.914. The van der Waals surface area contributed by atoms with Crippen LogP contribution in [0.25, 0.3) is 0 Å². The number of aromatic nitrogens is 2. The Morgan fingerprint density at radius 3 is 3.06 bits per heavy atom. The number of rotatable bonds is 6. The first-order chi connectivity index (χ1) is 8.40. The van der Waals surface area contributed by atoms with Crippen LogP contribution in [-0.4, -0.2) is 15.3 Å². The molecule has 0 bridgehead atoms. The fraction of sp³-hybridized carbons (Fsp3) is 0.167. The predicted molar refractivity (Wildman–Crippen MR) is 74.6 cm³/mol. The van der Waals surface area contributed by atoms with Crippen molar-refractivity contribution in [2.75, 3.05) is 11.1 Å². The normalized spacial score (nSPS) is 10.1. The lowest BCUT2D eigenvalue weighted by Crippen LogP contribution is -2.00. The Kier molecular flexibility index (Phi) is 4.58. The molecule has 88 valence electrons. The number of benzene rings is 1. The molecule has 0 saturated heterocycles. The fourth-order valence-corrected chi connectivity index (χ4v) is 2.55. The Bertz CT molecular complexity index is 468. The smallest absolute Gasteiger partial charge is 0.0946 e. The van der Waals surface area contributed by atoms with E-state index in [1.165, 1.54) is 16.4 Å². The summed E-state index contributed by atoms with van der Waals surface area (Å²) in [4.78, 5) is 1.23. The molecule has 5 heteroatoms. The van der Waals surface area contributed by atoms with Gasteiger partial charge in [0.1, 0.15) is 0 Å². The lowest BCUT2D eigenvalue weighted by Gasteiger charge is -2.09. The molecule has 0 fully saturated rings. The van der Waals surface area contributed by atoms with Crippen LogP contribution in [0.5, 0.6) is 0 Å². The summed E-state index contributed by atoms with van der Waals surface area (Å²) in [7, 11) is 0. The van der Waals surface area contributed by atoms with Crippen LogP contribution in [0, 0.1) is 0 Å². The van der Waals surface area contributed by atoms with Gasteiger partial charge in [-0.3, -0.25) is 0 Å². The minimum Gasteiger partial charge on any atom is -0.378 e. The van der Waals surface area contributed by atoms with Gasteiger partial charge in [-0.25, -0.2) is 0 Å². The first-order valence-corrected chi connectivity index (χ1v) is 7.05. The monoisotopic (exact) mass is 263 g/mol. The Morgan fingerprint density at radius 2 is 2.29 bits per heavy atom. The Labute approximate surface area is 109 Å². The highest BCUT2D eigenvalue weighted by Crippen LogP contribution is 2.27. The predicted octanol–water partition coefficient (Wildman–Crippen LogP) is 3.43. The van der Waals surface area contributed by atoms with Gasteiger partial charge in [-0.2, -0.15) is 0 Å². The van der Waals surface area contributed by atoms with E-state index in [0.717, 1.165) is 17.1 Å². The summed E-state index contributed by atoms with van der Waals surface area (Å²) in [6, 6.07) is 8.25. The molecule has 0 amide bonds. The molecule has 0 spiro atoms. The van der Waals surface area contributed by atoms with Gasteiger partial charge >= 0.3 is 0 Å². The Morgan fingerprint density at radius 1 is 1.41 bits per heavy atom. The highest BCUT2D eigenvalue weighted by Gasteiger charge is 2.02. The molecule has 1 aromatic heterocycles. The van der Waals surface area contributed by atoms with E-state index < -0.39 is 0 Å². The van der Waals surface area contributed by atoms with Crippen molar-refractivity contribution in [3.8, 4) is 0 Å². The van der Waals surface area contributed by atoms with E-state index in [9.17, 15) is 0 Å². The third kappa shape index (κ3) is 3.57. The molecule has 0 unspecified atom stereocenters. The minimum atomic E-state index is 0.710. The molecule has 2 rings (SSSR count). The van der Waals surface area contributed by atoms with Crippen molar-refractivity contribution in [3.63, 3.8) is 0 Å². The second kappa shape index (κ2) is 6.42. The molecule has 1 aromatic carbocycles.